The van der Waals surface area contributed by atoms with E-state index in [2.05, 4.69) is 47.3 Å². The summed E-state index contributed by atoms with van der Waals surface area (Å²) in [5, 5.41) is 3.32. The first-order valence-electron chi connectivity index (χ1n) is 9.18. The molecule has 0 saturated carbocycles. The standard InChI is InChI=1S/C22H22N4O/c1-15-12-18-10-6-7-11-20(18)26(15)22(27)19-13-24-21(14-23-19)25-16(2)17-8-4-3-5-9-17/h3-11,13-16H,12H2,1-2H3,(H,24,25). The number of fused-ring (bicyclic) bond motifs is 1. The molecule has 0 aliphatic carbocycles. The highest BCUT2D eigenvalue weighted by molar-refractivity contribution is 6.06. The van der Waals surface area contributed by atoms with Crippen LogP contribution in [-0.2, 0) is 6.42 Å². The fourth-order valence-corrected chi connectivity index (χ4v) is 3.56. The Balaban J connectivity index is 1.50. The normalized spacial score (nSPS) is 16.7. The van der Waals surface area contributed by atoms with Crippen LogP contribution in [0.25, 0.3) is 0 Å². The van der Waals surface area contributed by atoms with Gasteiger partial charge in [-0.15, -0.1) is 0 Å². The topological polar surface area (TPSA) is 58.1 Å². The van der Waals surface area contributed by atoms with Gasteiger partial charge in [-0.3, -0.25) is 4.79 Å². The van der Waals surface area contributed by atoms with E-state index < -0.39 is 0 Å². The van der Waals surface area contributed by atoms with E-state index >= 15 is 0 Å². The van der Waals surface area contributed by atoms with Crippen molar-refractivity contribution in [3.63, 3.8) is 0 Å². The van der Waals surface area contributed by atoms with E-state index in [0.29, 0.717) is 11.5 Å². The van der Waals surface area contributed by atoms with Crippen molar-refractivity contribution >= 4 is 17.4 Å². The summed E-state index contributed by atoms with van der Waals surface area (Å²) < 4.78 is 0. The highest BCUT2D eigenvalue weighted by atomic mass is 16.2. The quantitative estimate of drug-likeness (QED) is 0.758. The third-order valence-electron chi connectivity index (χ3n) is 4.96. The predicted molar refractivity (Wildman–Crippen MR) is 107 cm³/mol. The number of hydrogen-bond donors (Lipinski definition) is 1. The van der Waals surface area contributed by atoms with Crippen molar-refractivity contribution in [2.24, 2.45) is 0 Å². The lowest BCUT2D eigenvalue weighted by Crippen LogP contribution is -2.36. The molecule has 0 saturated heterocycles. The lowest BCUT2D eigenvalue weighted by Gasteiger charge is -2.22. The molecule has 1 aromatic heterocycles. The molecule has 0 bridgehead atoms. The number of anilines is 2. The van der Waals surface area contributed by atoms with Crippen LogP contribution in [0.4, 0.5) is 11.5 Å². The van der Waals surface area contributed by atoms with Crippen LogP contribution in [0.5, 0.6) is 0 Å². The molecular weight excluding hydrogens is 336 g/mol. The molecule has 5 heteroatoms. The van der Waals surface area contributed by atoms with Gasteiger partial charge < -0.3 is 10.2 Å². The van der Waals surface area contributed by atoms with E-state index in [9.17, 15) is 4.79 Å². The van der Waals surface area contributed by atoms with E-state index in [1.54, 1.807) is 12.4 Å². The monoisotopic (exact) mass is 358 g/mol. The van der Waals surface area contributed by atoms with E-state index in [0.717, 1.165) is 12.1 Å². The Kier molecular flexibility index (Phi) is 4.59. The number of hydrogen-bond acceptors (Lipinski definition) is 4. The van der Waals surface area contributed by atoms with Crippen molar-refractivity contribution in [2.75, 3.05) is 10.2 Å². The average molecular weight is 358 g/mol. The highest BCUT2D eigenvalue weighted by Crippen LogP contribution is 2.32. The highest BCUT2D eigenvalue weighted by Gasteiger charge is 2.31. The summed E-state index contributed by atoms with van der Waals surface area (Å²) in [7, 11) is 0. The number of para-hydroxylation sites is 1. The largest absolute Gasteiger partial charge is 0.362 e. The van der Waals surface area contributed by atoms with Crippen LogP contribution in [0.15, 0.2) is 67.0 Å². The van der Waals surface area contributed by atoms with Crippen LogP contribution >= 0.6 is 0 Å². The van der Waals surface area contributed by atoms with Crippen LogP contribution in [0, 0.1) is 0 Å². The minimum Gasteiger partial charge on any atom is -0.362 e. The summed E-state index contributed by atoms with van der Waals surface area (Å²) in [6.07, 6.45) is 4.04. The van der Waals surface area contributed by atoms with E-state index in [-0.39, 0.29) is 18.0 Å². The van der Waals surface area contributed by atoms with Crippen LogP contribution < -0.4 is 10.2 Å². The zero-order valence-electron chi connectivity index (χ0n) is 15.5. The van der Waals surface area contributed by atoms with E-state index in [4.69, 9.17) is 0 Å². The summed E-state index contributed by atoms with van der Waals surface area (Å²) in [6.45, 7) is 4.13. The van der Waals surface area contributed by atoms with Crippen molar-refractivity contribution in [1.29, 1.82) is 0 Å². The van der Waals surface area contributed by atoms with Gasteiger partial charge >= 0.3 is 0 Å². The Labute approximate surface area is 159 Å². The molecule has 2 unspecified atom stereocenters. The first-order chi connectivity index (χ1) is 13.1. The van der Waals surface area contributed by atoms with Crippen molar-refractivity contribution in [2.45, 2.75) is 32.4 Å². The zero-order chi connectivity index (χ0) is 18.8. The molecule has 2 aromatic carbocycles. The maximum Gasteiger partial charge on any atom is 0.278 e. The average Bonchev–Trinajstić information content (AvgIpc) is 3.04. The summed E-state index contributed by atoms with van der Waals surface area (Å²) >= 11 is 0. The van der Waals surface area contributed by atoms with Gasteiger partial charge in [-0.1, -0.05) is 48.5 Å². The van der Waals surface area contributed by atoms with Gasteiger partial charge in [0, 0.05) is 17.8 Å². The maximum absolute atomic E-state index is 13.0. The number of amides is 1. The molecule has 1 aliphatic rings. The SMILES string of the molecule is CC(Nc1cnc(C(=O)N2c3ccccc3CC2C)cn1)c1ccccc1. The van der Waals surface area contributed by atoms with E-state index in [1.165, 1.54) is 11.1 Å². The molecule has 0 fully saturated rings. The Hall–Kier alpha value is -3.21. The van der Waals surface area contributed by atoms with Gasteiger partial charge in [-0.2, -0.15) is 0 Å². The fourth-order valence-electron chi connectivity index (χ4n) is 3.56. The maximum atomic E-state index is 13.0. The zero-order valence-corrected chi connectivity index (χ0v) is 15.5. The van der Waals surface area contributed by atoms with Gasteiger partial charge in [0.15, 0.2) is 0 Å². The molecule has 3 aromatic rings. The smallest absolute Gasteiger partial charge is 0.278 e. The Morgan fingerprint density at radius 2 is 1.81 bits per heavy atom. The first-order valence-corrected chi connectivity index (χ1v) is 9.18. The Morgan fingerprint density at radius 1 is 1.07 bits per heavy atom. The van der Waals surface area contributed by atoms with Gasteiger partial charge in [0.2, 0.25) is 0 Å². The number of carbonyl (C=O) groups excluding carboxylic acids is 1. The number of carbonyl (C=O) groups is 1. The van der Waals surface area contributed by atoms with Gasteiger partial charge in [0.05, 0.1) is 12.4 Å². The van der Waals surface area contributed by atoms with Crippen LogP contribution in [0.1, 0.15) is 41.5 Å². The van der Waals surface area contributed by atoms with Crippen molar-refractivity contribution in [1.82, 2.24) is 9.97 Å². The molecule has 2 heterocycles. The Bertz CT molecular complexity index is 940. The molecular formula is C22H22N4O. The molecule has 4 rings (SSSR count). The summed E-state index contributed by atoms with van der Waals surface area (Å²) in [5.74, 6) is 0.542. The number of benzene rings is 2. The number of aromatic nitrogens is 2. The predicted octanol–water partition coefficient (Wildman–Crippen LogP) is 4.24. The number of nitrogens with one attached hydrogen (secondary N) is 1. The van der Waals surface area contributed by atoms with Crippen molar-refractivity contribution < 1.29 is 4.79 Å². The molecule has 27 heavy (non-hydrogen) atoms. The summed E-state index contributed by atoms with van der Waals surface area (Å²) in [5.41, 5.74) is 3.69. The van der Waals surface area contributed by atoms with Gasteiger partial charge in [-0.05, 0) is 37.5 Å². The second-order valence-corrected chi connectivity index (χ2v) is 6.92. The van der Waals surface area contributed by atoms with Crippen LogP contribution in [0.2, 0.25) is 0 Å². The molecule has 1 amide bonds. The van der Waals surface area contributed by atoms with Gasteiger partial charge in [0.25, 0.3) is 5.91 Å². The molecule has 1 N–H and O–H groups in total. The van der Waals surface area contributed by atoms with Gasteiger partial charge in [0.1, 0.15) is 11.5 Å². The minimum atomic E-state index is -0.109. The second-order valence-electron chi connectivity index (χ2n) is 6.92. The van der Waals surface area contributed by atoms with E-state index in [1.807, 2.05) is 41.3 Å². The lowest BCUT2D eigenvalue weighted by molar-refractivity contribution is 0.0976. The molecule has 1 aliphatic heterocycles. The number of rotatable bonds is 4. The molecule has 0 spiro atoms. The molecule has 5 nitrogen and oxygen atoms in total. The summed E-state index contributed by atoms with van der Waals surface area (Å²) in [4.78, 5) is 23.6. The fraction of sp³-hybridized carbons (Fsp3) is 0.227. The molecule has 136 valence electrons. The summed E-state index contributed by atoms with van der Waals surface area (Å²) in [6, 6.07) is 18.4. The Morgan fingerprint density at radius 3 is 2.56 bits per heavy atom. The third kappa shape index (κ3) is 3.40. The van der Waals surface area contributed by atoms with Crippen LogP contribution in [-0.4, -0.2) is 21.9 Å². The second kappa shape index (κ2) is 7.19. The lowest BCUT2D eigenvalue weighted by atomic mass is 10.1. The van der Waals surface area contributed by atoms with Crippen molar-refractivity contribution in [3.05, 3.63) is 83.8 Å². The number of nitrogens with zero attached hydrogens (tertiary/aromatic N) is 3. The van der Waals surface area contributed by atoms with Crippen molar-refractivity contribution in [3.8, 4) is 0 Å². The minimum absolute atomic E-state index is 0.104. The van der Waals surface area contributed by atoms with Crippen LogP contribution in [0.3, 0.4) is 0 Å². The first kappa shape index (κ1) is 17.2. The molecule has 2 atom stereocenters. The van der Waals surface area contributed by atoms with Gasteiger partial charge in [-0.25, -0.2) is 9.97 Å². The molecule has 0 radical (unpaired) electrons. The third-order valence-corrected chi connectivity index (χ3v) is 4.96.